The van der Waals surface area contributed by atoms with Crippen LogP contribution in [-0.4, -0.2) is 62.8 Å². The Hall–Kier alpha value is -3.30. The van der Waals surface area contributed by atoms with Gasteiger partial charge in [-0.05, 0) is 266 Å². The second-order valence-corrected chi connectivity index (χ2v) is 27.3. The number of carbonyl (C=O) groups is 2. The number of rotatable bonds is 8. The second-order valence-electron chi connectivity index (χ2n) is 24.7. The number of halogens is 1. The number of sulfone groups is 1. The van der Waals surface area contributed by atoms with Crippen LogP contribution in [0.4, 0.5) is 0 Å². The third kappa shape index (κ3) is 11.3. The molecular formula is C62H87BrN2O6S. The van der Waals surface area contributed by atoms with E-state index >= 15 is 0 Å². The van der Waals surface area contributed by atoms with Crippen LogP contribution in [0.25, 0.3) is 0 Å². The third-order valence-corrected chi connectivity index (χ3v) is 23.1. The molecule has 0 aromatic carbocycles. The van der Waals surface area contributed by atoms with Gasteiger partial charge in [-0.25, -0.2) is 8.42 Å². The maximum Gasteiger partial charge on any atom is 0.178 e. The van der Waals surface area contributed by atoms with Crippen molar-refractivity contribution in [3.63, 3.8) is 0 Å². The van der Waals surface area contributed by atoms with E-state index in [0.29, 0.717) is 45.6 Å². The second kappa shape index (κ2) is 22.9. The summed E-state index contributed by atoms with van der Waals surface area (Å²) in [5, 5.41) is 26.2. The van der Waals surface area contributed by atoms with E-state index in [2.05, 4.69) is 109 Å². The molecule has 1 heterocycles. The van der Waals surface area contributed by atoms with Gasteiger partial charge >= 0.3 is 0 Å². The average molecular weight is 1070 g/mol. The molecule has 8 aliphatic carbocycles. The highest BCUT2D eigenvalue weighted by molar-refractivity contribution is 9.09. The summed E-state index contributed by atoms with van der Waals surface area (Å²) in [6.45, 7) is 15.6. The summed E-state index contributed by atoms with van der Waals surface area (Å²) in [5.41, 5.74) is 0.157. The molecule has 0 saturated heterocycles. The standard InChI is InChI=1S/C27H42N2O4S.C23H37BrO2.C11H4.CH4/c1-5-27-13-12-25(2,31)14-18(27)6-7-20-21-8-9-23(26(21,3)11-10-22(20)27)24(30)17-29-16-19(15-28-29)34(4,32)33;1-4-23-12-11-21(2,26)13-15(23)5-6-16-17-7-8-19(20(25)14-24)22(17,3)10-9-18(16)23;1-3-5-7-9-11-10-8-6-4-2;/h15-16,18,20-23,31H,5-14,17H2,1-4H3;15-19,26H,4-14H2,1-3H3;1H,2H3;1H4/t18-,20+,21+,22+,23-,25-,26+,27+;15-,16+,17+,18+,19-,21-,22+,23+;;/m11../s1. The molecule has 1 aromatic rings. The van der Waals surface area contributed by atoms with Gasteiger partial charge in [0.25, 0.3) is 0 Å². The Bertz CT molecular complexity index is 2560. The Kier molecular flexibility index (Phi) is 18.4. The molecule has 2 N–H and O–H groups in total. The molecule has 8 fully saturated rings. The quantitative estimate of drug-likeness (QED) is 0.196. The van der Waals surface area contributed by atoms with E-state index < -0.39 is 21.0 Å². The van der Waals surface area contributed by atoms with Gasteiger partial charge in [0.2, 0.25) is 0 Å². The van der Waals surface area contributed by atoms with Crippen LogP contribution in [-0.2, 0) is 26.0 Å². The fraction of sp³-hybridized carbons (Fsp3) is 0.758. The van der Waals surface area contributed by atoms with Crippen molar-refractivity contribution in [2.75, 3.05) is 11.6 Å². The summed E-state index contributed by atoms with van der Waals surface area (Å²) >= 11 is 3.44. The average Bonchev–Trinajstić information content (AvgIpc) is 4.06. The van der Waals surface area contributed by atoms with E-state index in [4.69, 9.17) is 6.42 Å². The lowest BCUT2D eigenvalue weighted by molar-refractivity contribution is -0.158. The van der Waals surface area contributed by atoms with Crippen LogP contribution in [0.2, 0.25) is 0 Å². The van der Waals surface area contributed by atoms with Gasteiger partial charge in [-0.2, -0.15) is 5.10 Å². The summed E-state index contributed by atoms with van der Waals surface area (Å²) < 4.78 is 25.1. The molecule has 8 nitrogen and oxygen atoms in total. The van der Waals surface area contributed by atoms with Crippen LogP contribution < -0.4 is 0 Å². The molecule has 0 aliphatic heterocycles. The monoisotopic (exact) mass is 1070 g/mol. The highest BCUT2D eigenvalue weighted by Crippen LogP contribution is 2.71. The van der Waals surface area contributed by atoms with Crippen LogP contribution in [0.1, 0.15) is 184 Å². The predicted molar refractivity (Wildman–Crippen MR) is 292 cm³/mol. The zero-order chi connectivity index (χ0) is 51.6. The lowest BCUT2D eigenvalue weighted by Gasteiger charge is -2.63. The van der Waals surface area contributed by atoms with Gasteiger partial charge in [-0.3, -0.25) is 14.3 Å². The Labute approximate surface area is 444 Å². The highest BCUT2D eigenvalue weighted by Gasteiger charge is 2.64. The molecular weight excluding hydrogens is 981 g/mol. The molecule has 0 spiro atoms. The van der Waals surface area contributed by atoms with Gasteiger partial charge in [-0.15, -0.1) is 6.42 Å². The minimum absolute atomic E-state index is 0. The third-order valence-electron chi connectivity index (χ3n) is 21.5. The van der Waals surface area contributed by atoms with Crippen molar-refractivity contribution in [3.8, 4) is 59.7 Å². The largest absolute Gasteiger partial charge is 0.390 e. The van der Waals surface area contributed by atoms with Crippen molar-refractivity contribution in [2.24, 2.45) is 80.8 Å². The van der Waals surface area contributed by atoms with Crippen molar-refractivity contribution in [1.29, 1.82) is 0 Å². The maximum absolute atomic E-state index is 13.5. The van der Waals surface area contributed by atoms with Crippen molar-refractivity contribution in [3.05, 3.63) is 12.4 Å². The molecule has 0 unspecified atom stereocenters. The first-order chi connectivity index (χ1) is 33.6. The topological polar surface area (TPSA) is 127 Å². The van der Waals surface area contributed by atoms with Gasteiger partial charge in [0, 0.05) is 24.3 Å². The Morgan fingerprint density at radius 3 is 1.56 bits per heavy atom. The Balaban J connectivity index is 0.000000197. The molecule has 10 heteroatoms. The minimum Gasteiger partial charge on any atom is -0.390 e. The zero-order valence-corrected chi connectivity index (χ0v) is 46.7. The minimum atomic E-state index is -3.32. The maximum atomic E-state index is 13.5. The number of Topliss-reactive ketones (excluding diaryl/α,β-unsaturated/α-hetero) is 2. The smallest absolute Gasteiger partial charge is 0.178 e. The molecule has 0 radical (unpaired) electrons. The number of terminal acetylenes is 1. The Morgan fingerprint density at radius 1 is 0.681 bits per heavy atom. The SMILES string of the molecule is C.C#CC#CC#CC#CC#CC.CC[C@]12CC[C@@](C)(O)C[C@H]1CC[C@H]1[C@@H]3CC[C@H](C(=O)CBr)[C@@]3(C)CC[C@@H]12.CC[C@]12CC[C@@](C)(O)C[C@H]1CC[C@H]1[C@@H]3CC[C@H](C(=O)Cn4cc(S(C)(=O)=O)cn4)[C@@]3(C)CC[C@@H]12. The summed E-state index contributed by atoms with van der Waals surface area (Å²) in [5.74, 6) is 28.7. The fourth-order valence-corrected chi connectivity index (χ4v) is 19.1. The first kappa shape index (κ1) is 58.0. The number of alkyl halides is 1. The molecule has 16 atom stereocenters. The number of aromatic nitrogens is 2. The fourth-order valence-electron chi connectivity index (χ4n) is 18.2. The van der Waals surface area contributed by atoms with Crippen LogP contribution in [0, 0.1) is 141 Å². The van der Waals surface area contributed by atoms with Crippen molar-refractivity contribution in [1.82, 2.24) is 9.78 Å². The van der Waals surface area contributed by atoms with Gasteiger partial charge in [0.15, 0.2) is 15.6 Å². The molecule has 394 valence electrons. The van der Waals surface area contributed by atoms with E-state index in [1.165, 1.54) is 94.0 Å². The zero-order valence-electron chi connectivity index (χ0n) is 44.3. The van der Waals surface area contributed by atoms with Gasteiger partial charge in [0.1, 0.15) is 10.7 Å². The molecule has 0 bridgehead atoms. The van der Waals surface area contributed by atoms with Crippen LogP contribution >= 0.6 is 15.9 Å². The molecule has 8 saturated carbocycles. The van der Waals surface area contributed by atoms with Crippen LogP contribution in [0.15, 0.2) is 17.3 Å². The lowest BCUT2D eigenvalue weighted by Crippen LogP contribution is -2.56. The molecule has 1 aromatic heterocycles. The van der Waals surface area contributed by atoms with Crippen molar-refractivity contribution >= 4 is 37.3 Å². The lowest BCUT2D eigenvalue weighted by atomic mass is 9.42. The summed E-state index contributed by atoms with van der Waals surface area (Å²) in [4.78, 5) is 26.2. The predicted octanol–water partition coefficient (Wildman–Crippen LogP) is 11.7. The van der Waals surface area contributed by atoms with E-state index in [1.807, 2.05) is 6.92 Å². The number of ketones is 2. The highest BCUT2D eigenvalue weighted by atomic mass is 79.9. The molecule has 9 rings (SSSR count). The molecule has 72 heavy (non-hydrogen) atoms. The van der Waals surface area contributed by atoms with E-state index in [9.17, 15) is 28.2 Å². The van der Waals surface area contributed by atoms with Gasteiger partial charge < -0.3 is 10.2 Å². The number of aliphatic hydroxyl groups is 2. The molecule has 8 aliphatic rings. The number of hydrogen-bond acceptors (Lipinski definition) is 7. The normalized spacial score (nSPS) is 40.8. The molecule has 0 amide bonds. The van der Waals surface area contributed by atoms with Crippen LogP contribution in [0.3, 0.4) is 0 Å². The van der Waals surface area contributed by atoms with Gasteiger partial charge in [0.05, 0.1) is 29.3 Å². The summed E-state index contributed by atoms with van der Waals surface area (Å²) in [7, 11) is -3.32. The number of hydrogen-bond donors (Lipinski definition) is 2. The summed E-state index contributed by atoms with van der Waals surface area (Å²) in [6.07, 6.45) is 32.0. The number of nitrogens with zero attached hydrogens (tertiary/aromatic N) is 2. The van der Waals surface area contributed by atoms with Crippen molar-refractivity contribution < 1.29 is 28.2 Å². The first-order valence-electron chi connectivity index (χ1n) is 27.2. The number of fused-ring (bicyclic) bond motifs is 10. The van der Waals surface area contributed by atoms with E-state index in [1.54, 1.807) is 6.92 Å². The first-order valence-corrected chi connectivity index (χ1v) is 30.3. The summed E-state index contributed by atoms with van der Waals surface area (Å²) in [6, 6.07) is 0. The number of carbonyl (C=O) groups excluding carboxylic acids is 2. The van der Waals surface area contributed by atoms with Crippen LogP contribution in [0.5, 0.6) is 0 Å². The van der Waals surface area contributed by atoms with E-state index in [0.717, 1.165) is 81.5 Å². The Morgan fingerprint density at radius 2 is 1.14 bits per heavy atom. The van der Waals surface area contributed by atoms with E-state index in [-0.39, 0.29) is 47.3 Å². The van der Waals surface area contributed by atoms with Crippen molar-refractivity contribution in [2.45, 2.75) is 207 Å². The van der Waals surface area contributed by atoms with Gasteiger partial charge in [-0.1, -0.05) is 57.0 Å².